The van der Waals surface area contributed by atoms with Crippen molar-refractivity contribution in [2.24, 2.45) is 15.7 Å². The highest BCUT2D eigenvalue weighted by Crippen LogP contribution is 2.25. The highest BCUT2D eigenvalue weighted by atomic mass is 16.5. The second-order valence-corrected chi connectivity index (χ2v) is 5.43. The SMILES string of the molecule is CCN(C)CCCO/C=N/c1c(C(C)C)cnn1C(N)=NC. The molecule has 22 heavy (non-hydrogen) atoms. The maximum absolute atomic E-state index is 5.84. The Morgan fingerprint density at radius 3 is 2.86 bits per heavy atom. The molecule has 0 unspecified atom stereocenters. The van der Waals surface area contributed by atoms with Crippen LogP contribution in [-0.4, -0.2) is 60.8 Å². The van der Waals surface area contributed by atoms with E-state index in [-0.39, 0.29) is 0 Å². The summed E-state index contributed by atoms with van der Waals surface area (Å²) >= 11 is 0. The average molecular weight is 308 g/mol. The standard InChI is InChI=1S/C15H28N6O/c1-6-20(5)8-7-9-22-11-18-14-13(12(2)3)10-19-21(14)15(16)17-4/h10-12H,6-9H2,1-5H3,(H2,16,17)/b18-11+. The monoisotopic (exact) mass is 308 g/mol. The lowest BCUT2D eigenvalue weighted by Crippen LogP contribution is -2.23. The van der Waals surface area contributed by atoms with E-state index in [1.165, 1.54) is 11.1 Å². The van der Waals surface area contributed by atoms with Gasteiger partial charge in [0.25, 0.3) is 0 Å². The van der Waals surface area contributed by atoms with Crippen molar-refractivity contribution in [3.8, 4) is 0 Å². The molecular formula is C15H28N6O. The molecule has 1 rings (SSSR count). The molecule has 0 amide bonds. The molecule has 0 aliphatic carbocycles. The Morgan fingerprint density at radius 1 is 1.55 bits per heavy atom. The molecule has 0 bridgehead atoms. The number of nitrogens with two attached hydrogens (primary N) is 1. The molecule has 1 heterocycles. The van der Waals surface area contributed by atoms with E-state index in [0.717, 1.165) is 25.1 Å². The third-order valence-electron chi connectivity index (χ3n) is 3.43. The molecule has 0 aliphatic rings. The normalized spacial score (nSPS) is 12.8. The van der Waals surface area contributed by atoms with Crippen molar-refractivity contribution in [3.05, 3.63) is 11.8 Å². The van der Waals surface area contributed by atoms with E-state index < -0.39 is 0 Å². The number of nitrogens with zero attached hydrogens (tertiary/aromatic N) is 5. The molecule has 2 N–H and O–H groups in total. The average Bonchev–Trinajstić information content (AvgIpc) is 2.93. The fraction of sp³-hybridized carbons (Fsp3) is 0.667. The molecule has 1 aromatic heterocycles. The highest BCUT2D eigenvalue weighted by molar-refractivity contribution is 5.83. The second kappa shape index (κ2) is 9.19. The highest BCUT2D eigenvalue weighted by Gasteiger charge is 2.14. The Kier molecular flexibility index (Phi) is 7.59. The first-order chi connectivity index (χ1) is 10.5. The predicted molar refractivity (Wildman–Crippen MR) is 91.2 cm³/mol. The zero-order valence-corrected chi connectivity index (χ0v) is 14.3. The molecule has 0 aliphatic heterocycles. The van der Waals surface area contributed by atoms with Gasteiger partial charge in [-0.25, -0.2) is 4.99 Å². The number of hydrogen-bond acceptors (Lipinski definition) is 5. The third kappa shape index (κ3) is 5.14. The van der Waals surface area contributed by atoms with Crippen LogP contribution in [0.5, 0.6) is 0 Å². The zero-order valence-electron chi connectivity index (χ0n) is 14.3. The van der Waals surface area contributed by atoms with Gasteiger partial charge in [0, 0.05) is 19.2 Å². The minimum absolute atomic E-state index is 0.295. The molecule has 0 saturated heterocycles. The van der Waals surface area contributed by atoms with Crippen molar-refractivity contribution in [1.82, 2.24) is 14.7 Å². The van der Waals surface area contributed by atoms with Gasteiger partial charge in [0.2, 0.25) is 5.96 Å². The fourth-order valence-corrected chi connectivity index (χ4v) is 1.87. The second-order valence-electron chi connectivity index (χ2n) is 5.43. The number of aliphatic imine (C=N–C) groups is 2. The fourth-order valence-electron chi connectivity index (χ4n) is 1.87. The van der Waals surface area contributed by atoms with Gasteiger partial charge >= 0.3 is 0 Å². The summed E-state index contributed by atoms with van der Waals surface area (Å²) in [7, 11) is 3.72. The van der Waals surface area contributed by atoms with E-state index in [4.69, 9.17) is 10.5 Å². The van der Waals surface area contributed by atoms with Gasteiger partial charge in [-0.15, -0.1) is 0 Å². The van der Waals surface area contributed by atoms with Crippen LogP contribution < -0.4 is 5.73 Å². The van der Waals surface area contributed by atoms with Crippen LogP contribution in [-0.2, 0) is 4.74 Å². The molecule has 0 spiro atoms. The predicted octanol–water partition coefficient (Wildman–Crippen LogP) is 1.82. The molecule has 0 fully saturated rings. The number of rotatable bonds is 8. The van der Waals surface area contributed by atoms with E-state index in [1.807, 2.05) is 0 Å². The first kappa shape index (κ1) is 18.2. The Bertz CT molecular complexity index is 506. The van der Waals surface area contributed by atoms with Crippen LogP contribution in [0.4, 0.5) is 5.82 Å². The molecule has 0 atom stereocenters. The van der Waals surface area contributed by atoms with Crippen LogP contribution in [0.25, 0.3) is 0 Å². The summed E-state index contributed by atoms with van der Waals surface area (Å²) < 4.78 is 6.99. The Hall–Kier alpha value is -1.89. The molecule has 0 saturated carbocycles. The van der Waals surface area contributed by atoms with E-state index in [0.29, 0.717) is 24.3 Å². The molecule has 0 aromatic carbocycles. The van der Waals surface area contributed by atoms with Gasteiger partial charge in [-0.2, -0.15) is 9.78 Å². The van der Waals surface area contributed by atoms with E-state index >= 15 is 0 Å². The summed E-state index contributed by atoms with van der Waals surface area (Å²) in [6.45, 7) is 8.99. The van der Waals surface area contributed by atoms with Gasteiger partial charge in [0.1, 0.15) is 0 Å². The van der Waals surface area contributed by atoms with Crippen molar-refractivity contribution in [2.45, 2.75) is 33.1 Å². The van der Waals surface area contributed by atoms with Crippen molar-refractivity contribution in [2.75, 3.05) is 33.8 Å². The van der Waals surface area contributed by atoms with Crippen LogP contribution >= 0.6 is 0 Å². The first-order valence-corrected chi connectivity index (χ1v) is 7.64. The largest absolute Gasteiger partial charge is 0.483 e. The van der Waals surface area contributed by atoms with Crippen LogP contribution in [0.1, 0.15) is 38.7 Å². The van der Waals surface area contributed by atoms with Gasteiger partial charge in [-0.3, -0.25) is 4.99 Å². The maximum Gasteiger partial charge on any atom is 0.218 e. The lowest BCUT2D eigenvalue weighted by molar-refractivity contribution is 0.268. The van der Waals surface area contributed by atoms with Crippen molar-refractivity contribution >= 4 is 18.2 Å². The minimum Gasteiger partial charge on any atom is -0.483 e. The van der Waals surface area contributed by atoms with E-state index in [1.54, 1.807) is 13.2 Å². The van der Waals surface area contributed by atoms with Crippen molar-refractivity contribution in [1.29, 1.82) is 0 Å². The quantitative estimate of drug-likeness (QED) is 0.451. The number of ether oxygens (including phenoxy) is 1. The molecule has 124 valence electrons. The summed E-state index contributed by atoms with van der Waals surface area (Å²) in [5.41, 5.74) is 6.85. The summed E-state index contributed by atoms with van der Waals surface area (Å²) in [5.74, 6) is 1.27. The van der Waals surface area contributed by atoms with Crippen molar-refractivity contribution < 1.29 is 4.74 Å². The lowest BCUT2D eigenvalue weighted by atomic mass is 10.1. The molecule has 0 radical (unpaired) electrons. The maximum atomic E-state index is 5.84. The summed E-state index contributed by atoms with van der Waals surface area (Å²) in [4.78, 5) is 10.6. The zero-order chi connectivity index (χ0) is 16.5. The molecule has 1 aromatic rings. The molecular weight excluding hydrogens is 280 g/mol. The smallest absolute Gasteiger partial charge is 0.218 e. The third-order valence-corrected chi connectivity index (χ3v) is 3.43. The summed E-state index contributed by atoms with van der Waals surface area (Å²) in [5, 5.41) is 4.24. The number of aromatic nitrogens is 2. The van der Waals surface area contributed by atoms with Crippen molar-refractivity contribution in [3.63, 3.8) is 0 Å². The lowest BCUT2D eigenvalue weighted by Gasteiger charge is -2.12. The topological polar surface area (TPSA) is 81.0 Å². The van der Waals surface area contributed by atoms with Gasteiger partial charge in [0.05, 0.1) is 12.8 Å². The first-order valence-electron chi connectivity index (χ1n) is 7.64. The summed E-state index contributed by atoms with van der Waals surface area (Å²) in [6, 6.07) is 0. The van der Waals surface area contributed by atoms with Crippen LogP contribution in [0, 0.1) is 0 Å². The van der Waals surface area contributed by atoms with Crippen LogP contribution in [0.2, 0.25) is 0 Å². The molecule has 7 nitrogen and oxygen atoms in total. The Morgan fingerprint density at radius 2 is 2.27 bits per heavy atom. The van der Waals surface area contributed by atoms with Gasteiger partial charge in [0.15, 0.2) is 12.2 Å². The van der Waals surface area contributed by atoms with E-state index in [9.17, 15) is 0 Å². The van der Waals surface area contributed by atoms with Crippen LogP contribution in [0.15, 0.2) is 16.2 Å². The van der Waals surface area contributed by atoms with E-state index in [2.05, 4.69) is 47.8 Å². The summed E-state index contributed by atoms with van der Waals surface area (Å²) in [6.07, 6.45) is 4.20. The number of hydrogen-bond donors (Lipinski definition) is 1. The van der Waals surface area contributed by atoms with Gasteiger partial charge in [-0.05, 0) is 25.9 Å². The van der Waals surface area contributed by atoms with Gasteiger partial charge in [-0.1, -0.05) is 20.8 Å². The van der Waals surface area contributed by atoms with Crippen LogP contribution in [0.3, 0.4) is 0 Å². The minimum atomic E-state index is 0.295. The Labute approximate surface area is 132 Å². The Balaban J connectivity index is 2.67. The molecule has 7 heteroatoms. The van der Waals surface area contributed by atoms with Gasteiger partial charge < -0.3 is 15.4 Å².